The number of benzene rings is 1. The molecule has 0 amide bonds. The van der Waals surface area contributed by atoms with Crippen molar-refractivity contribution < 1.29 is 0 Å². The fraction of sp³-hybridized carbons (Fsp3) is 0.350. The van der Waals surface area contributed by atoms with Gasteiger partial charge in [-0.1, -0.05) is 11.6 Å². The Morgan fingerprint density at radius 1 is 1.17 bits per heavy atom. The Bertz CT molecular complexity index is 916. The molecule has 0 unspecified atom stereocenters. The summed E-state index contributed by atoms with van der Waals surface area (Å²) in [6.07, 6.45) is 3.48. The Labute approximate surface area is 180 Å². The number of nitrogen functional groups attached to an aromatic ring is 1. The van der Waals surface area contributed by atoms with Gasteiger partial charge in [0.2, 0.25) is 0 Å². The summed E-state index contributed by atoms with van der Waals surface area (Å²) in [5, 5.41) is 9.13. The summed E-state index contributed by atoms with van der Waals surface area (Å²) in [6, 6.07) is 9.80. The number of rotatable bonds is 2. The molecule has 0 radical (unpaired) electrons. The molecule has 2 aromatic rings. The number of nitrogens with zero attached hydrogens (tertiary/aromatic N) is 4. The summed E-state index contributed by atoms with van der Waals surface area (Å²) in [4.78, 5) is 8.96. The Kier molecular flexibility index (Phi) is 6.01. The van der Waals surface area contributed by atoms with Crippen LogP contribution < -0.4 is 21.4 Å². The molecule has 9 heteroatoms. The van der Waals surface area contributed by atoms with Gasteiger partial charge in [-0.2, -0.15) is 5.10 Å². The highest BCUT2D eigenvalue weighted by Gasteiger charge is 2.20. The van der Waals surface area contributed by atoms with Crippen molar-refractivity contribution in [1.82, 2.24) is 15.3 Å². The topological polar surface area (TPSA) is 81.8 Å². The van der Waals surface area contributed by atoms with E-state index < -0.39 is 0 Å². The van der Waals surface area contributed by atoms with Crippen LogP contribution in [-0.4, -0.2) is 53.4 Å². The highest BCUT2D eigenvalue weighted by molar-refractivity contribution is 7.80. The first-order valence-electron chi connectivity index (χ1n) is 9.72. The smallest absolute Gasteiger partial charge is 0.189 e. The van der Waals surface area contributed by atoms with Gasteiger partial charge >= 0.3 is 0 Å². The van der Waals surface area contributed by atoms with Crippen molar-refractivity contribution in [2.45, 2.75) is 12.8 Å². The number of fused-ring (bicyclic) bond motifs is 1. The number of hydrogen-bond acceptors (Lipinski definition) is 6. The zero-order valence-electron chi connectivity index (χ0n) is 16.1. The number of aromatic nitrogens is 1. The van der Waals surface area contributed by atoms with Crippen LogP contribution in [0.3, 0.4) is 0 Å². The molecule has 1 aromatic heterocycles. The van der Waals surface area contributed by atoms with Crippen molar-refractivity contribution in [3.8, 4) is 0 Å². The number of pyridine rings is 1. The van der Waals surface area contributed by atoms with E-state index in [0.29, 0.717) is 10.1 Å². The van der Waals surface area contributed by atoms with E-state index in [0.717, 1.165) is 68.3 Å². The van der Waals surface area contributed by atoms with Crippen molar-refractivity contribution in [2.75, 3.05) is 48.7 Å². The molecule has 0 saturated carbocycles. The fourth-order valence-electron chi connectivity index (χ4n) is 3.61. The second-order valence-corrected chi connectivity index (χ2v) is 7.88. The van der Waals surface area contributed by atoms with Crippen molar-refractivity contribution in [1.29, 1.82) is 0 Å². The molecular weight excluding hydrogens is 406 g/mol. The molecule has 0 aliphatic carbocycles. The van der Waals surface area contributed by atoms with Crippen molar-refractivity contribution in [3.05, 3.63) is 47.2 Å². The first kappa shape index (κ1) is 19.7. The third kappa shape index (κ3) is 4.54. The summed E-state index contributed by atoms with van der Waals surface area (Å²) in [5.41, 5.74) is 13.3. The van der Waals surface area contributed by atoms with Crippen LogP contribution in [0.5, 0.6) is 0 Å². The van der Waals surface area contributed by atoms with Crippen LogP contribution in [0.25, 0.3) is 0 Å². The average molecular weight is 430 g/mol. The molecule has 4 rings (SSSR count). The van der Waals surface area contributed by atoms with Crippen LogP contribution >= 0.6 is 23.8 Å². The first-order chi connectivity index (χ1) is 14.1. The average Bonchev–Trinajstić information content (AvgIpc) is 2.99. The first-order valence-corrected chi connectivity index (χ1v) is 10.5. The molecule has 1 fully saturated rings. The number of halogens is 1. The molecule has 0 bridgehead atoms. The Morgan fingerprint density at radius 2 is 2.00 bits per heavy atom. The van der Waals surface area contributed by atoms with Crippen LogP contribution in [0.15, 0.2) is 41.6 Å². The Balaban J connectivity index is 1.39. The van der Waals surface area contributed by atoms with Gasteiger partial charge in [0.05, 0.1) is 16.4 Å². The van der Waals surface area contributed by atoms with Crippen molar-refractivity contribution >= 4 is 51.7 Å². The van der Waals surface area contributed by atoms with Gasteiger partial charge in [0.1, 0.15) is 5.69 Å². The monoisotopic (exact) mass is 429 g/mol. The minimum Gasteiger partial charge on any atom is -0.399 e. The van der Waals surface area contributed by atoms with Gasteiger partial charge in [0, 0.05) is 56.7 Å². The molecule has 0 atom stereocenters. The molecule has 4 N–H and O–H groups in total. The summed E-state index contributed by atoms with van der Waals surface area (Å²) < 4.78 is 0. The Morgan fingerprint density at radius 3 is 2.83 bits per heavy atom. The summed E-state index contributed by atoms with van der Waals surface area (Å²) in [7, 11) is 0. The van der Waals surface area contributed by atoms with E-state index >= 15 is 0 Å². The number of thiocarbonyl (C=S) groups is 1. The summed E-state index contributed by atoms with van der Waals surface area (Å²) >= 11 is 11.9. The lowest BCUT2D eigenvalue weighted by Crippen LogP contribution is -2.40. The van der Waals surface area contributed by atoms with Crippen LogP contribution in [0.2, 0.25) is 5.02 Å². The van der Waals surface area contributed by atoms with E-state index in [1.165, 1.54) is 5.69 Å². The molecule has 152 valence electrons. The van der Waals surface area contributed by atoms with Gasteiger partial charge < -0.3 is 20.9 Å². The molecular formula is C20H24ClN7S. The predicted octanol–water partition coefficient (Wildman–Crippen LogP) is 2.92. The second-order valence-electron chi connectivity index (χ2n) is 7.09. The lowest BCUT2D eigenvalue weighted by Gasteiger charge is -2.25. The third-order valence-corrected chi connectivity index (χ3v) is 5.83. The summed E-state index contributed by atoms with van der Waals surface area (Å²) in [5.74, 6) is 0. The maximum absolute atomic E-state index is 6.26. The largest absolute Gasteiger partial charge is 0.399 e. The van der Waals surface area contributed by atoms with E-state index in [1.54, 1.807) is 12.3 Å². The quantitative estimate of drug-likeness (QED) is 0.384. The van der Waals surface area contributed by atoms with Gasteiger partial charge in [-0.05, 0) is 49.0 Å². The van der Waals surface area contributed by atoms with Gasteiger partial charge in [-0.15, -0.1) is 0 Å². The van der Waals surface area contributed by atoms with Crippen LogP contribution in [0.1, 0.15) is 18.5 Å². The number of nitrogens with two attached hydrogens (primary N) is 1. The van der Waals surface area contributed by atoms with Crippen molar-refractivity contribution in [3.63, 3.8) is 0 Å². The predicted molar refractivity (Wildman–Crippen MR) is 124 cm³/mol. The van der Waals surface area contributed by atoms with E-state index in [9.17, 15) is 0 Å². The van der Waals surface area contributed by atoms with E-state index in [4.69, 9.17) is 29.6 Å². The normalized spacial score (nSPS) is 18.0. The lowest BCUT2D eigenvalue weighted by atomic mass is 10.1. The highest BCUT2D eigenvalue weighted by atomic mass is 35.5. The standard InChI is InChI=1S/C20H24ClN7S/c21-16-6-8-24-19-17(7-9-23-18(16)19)25-26-20(29)28-11-1-10-27(12-13-28)15-4-2-14(22)3-5-15/h2-6,8,23H,1,7,9-13,22H2,(H,26,29)/b25-17-. The fourth-order valence-corrected chi connectivity index (χ4v) is 4.05. The minimum absolute atomic E-state index is 0.638. The zero-order chi connectivity index (χ0) is 20.2. The summed E-state index contributed by atoms with van der Waals surface area (Å²) in [6.45, 7) is 4.38. The number of hydrazone groups is 1. The number of nitrogens with one attached hydrogen (secondary N) is 2. The molecule has 1 saturated heterocycles. The molecule has 2 aliphatic rings. The number of anilines is 3. The molecule has 3 heterocycles. The third-order valence-electron chi connectivity index (χ3n) is 5.16. The van der Waals surface area contributed by atoms with Gasteiger partial charge in [-0.3, -0.25) is 10.4 Å². The van der Waals surface area contributed by atoms with Gasteiger partial charge in [-0.25, -0.2) is 0 Å². The van der Waals surface area contributed by atoms with Crippen molar-refractivity contribution in [2.24, 2.45) is 5.10 Å². The van der Waals surface area contributed by atoms with E-state index in [2.05, 4.69) is 42.8 Å². The minimum atomic E-state index is 0.638. The molecule has 0 spiro atoms. The molecule has 7 nitrogen and oxygen atoms in total. The van der Waals surface area contributed by atoms with Gasteiger partial charge in [0.15, 0.2) is 5.11 Å². The van der Waals surface area contributed by atoms with Crippen LogP contribution in [0.4, 0.5) is 17.1 Å². The molecule has 2 aliphatic heterocycles. The SMILES string of the molecule is Nc1ccc(N2CCCN(C(=S)N/N=C3/CCNc4c(Cl)ccnc43)CC2)cc1. The van der Waals surface area contributed by atoms with Crippen LogP contribution in [-0.2, 0) is 0 Å². The maximum Gasteiger partial charge on any atom is 0.189 e. The highest BCUT2D eigenvalue weighted by Crippen LogP contribution is 2.28. The second kappa shape index (κ2) is 8.84. The van der Waals surface area contributed by atoms with E-state index in [-0.39, 0.29) is 0 Å². The van der Waals surface area contributed by atoms with Crippen LogP contribution in [0, 0.1) is 0 Å². The Hall–Kier alpha value is -2.58. The molecule has 1 aromatic carbocycles. The molecule has 29 heavy (non-hydrogen) atoms. The lowest BCUT2D eigenvalue weighted by molar-refractivity contribution is 0.441. The maximum atomic E-state index is 6.26. The number of hydrogen-bond donors (Lipinski definition) is 3. The zero-order valence-corrected chi connectivity index (χ0v) is 17.6. The van der Waals surface area contributed by atoms with E-state index in [1.807, 2.05) is 12.1 Å². The van der Waals surface area contributed by atoms with Gasteiger partial charge in [0.25, 0.3) is 0 Å².